The number of aliphatic hydroxyl groups is 1. The number of methoxy groups -OCH3 is 1. The van der Waals surface area contributed by atoms with Gasteiger partial charge in [-0.3, -0.25) is 9.69 Å². The van der Waals surface area contributed by atoms with Crippen LogP contribution in [0.5, 0.6) is 0 Å². The second kappa shape index (κ2) is 7.59. The van der Waals surface area contributed by atoms with Gasteiger partial charge >= 0.3 is 5.97 Å². The normalized spacial score (nSPS) is 10.7. The molecule has 0 aliphatic carbocycles. The predicted octanol–water partition coefficient (Wildman–Crippen LogP) is 1.96. The largest absolute Gasteiger partial charge is 0.468 e. The highest BCUT2D eigenvalue weighted by molar-refractivity contribution is 6.42. The SMILES string of the molecule is COC(=O)CN(CCO)Cc1ccc(Cl)c(Cl)c1. The highest BCUT2D eigenvalue weighted by atomic mass is 35.5. The summed E-state index contributed by atoms with van der Waals surface area (Å²) in [5, 5.41) is 9.91. The number of aliphatic hydroxyl groups excluding tert-OH is 1. The summed E-state index contributed by atoms with van der Waals surface area (Å²) >= 11 is 11.7. The Bertz CT molecular complexity index is 412. The first-order valence-corrected chi connectivity index (χ1v) is 6.16. The summed E-state index contributed by atoms with van der Waals surface area (Å²) in [5.74, 6) is -0.344. The van der Waals surface area contributed by atoms with Gasteiger partial charge in [-0.1, -0.05) is 29.3 Å². The molecule has 0 spiro atoms. The van der Waals surface area contributed by atoms with Crippen molar-refractivity contribution in [1.29, 1.82) is 0 Å². The molecule has 0 amide bonds. The van der Waals surface area contributed by atoms with Crippen LogP contribution >= 0.6 is 23.2 Å². The molecule has 0 radical (unpaired) electrons. The summed E-state index contributed by atoms with van der Waals surface area (Å²) in [6.07, 6.45) is 0. The van der Waals surface area contributed by atoms with Gasteiger partial charge in [0.2, 0.25) is 0 Å². The predicted molar refractivity (Wildman–Crippen MR) is 70.8 cm³/mol. The maximum Gasteiger partial charge on any atom is 0.319 e. The third kappa shape index (κ3) is 4.82. The summed E-state index contributed by atoms with van der Waals surface area (Å²) in [4.78, 5) is 13.0. The summed E-state index contributed by atoms with van der Waals surface area (Å²) in [7, 11) is 1.33. The summed E-state index contributed by atoms with van der Waals surface area (Å²) in [6, 6.07) is 5.27. The number of halogens is 2. The van der Waals surface area contributed by atoms with Gasteiger partial charge in [0, 0.05) is 13.1 Å². The van der Waals surface area contributed by atoms with Gasteiger partial charge in [-0.25, -0.2) is 0 Å². The zero-order chi connectivity index (χ0) is 13.5. The van der Waals surface area contributed by atoms with E-state index < -0.39 is 0 Å². The number of carbonyl (C=O) groups excluding carboxylic acids is 1. The van der Waals surface area contributed by atoms with Crippen LogP contribution in [0.4, 0.5) is 0 Å². The number of esters is 1. The Morgan fingerprint density at radius 3 is 2.67 bits per heavy atom. The van der Waals surface area contributed by atoms with Crippen LogP contribution in [0, 0.1) is 0 Å². The number of nitrogens with zero attached hydrogens (tertiary/aromatic N) is 1. The Kier molecular flexibility index (Phi) is 6.43. The van der Waals surface area contributed by atoms with Crippen molar-refractivity contribution >= 4 is 29.2 Å². The molecule has 1 rings (SSSR count). The fraction of sp³-hybridized carbons (Fsp3) is 0.417. The van der Waals surface area contributed by atoms with Crippen molar-refractivity contribution in [2.45, 2.75) is 6.54 Å². The summed E-state index contributed by atoms with van der Waals surface area (Å²) < 4.78 is 4.60. The third-order valence-electron chi connectivity index (χ3n) is 2.39. The van der Waals surface area contributed by atoms with Gasteiger partial charge < -0.3 is 9.84 Å². The number of rotatable bonds is 6. The van der Waals surface area contributed by atoms with Gasteiger partial charge in [-0.2, -0.15) is 0 Å². The molecule has 4 nitrogen and oxygen atoms in total. The van der Waals surface area contributed by atoms with E-state index in [2.05, 4.69) is 4.74 Å². The van der Waals surface area contributed by atoms with Crippen molar-refractivity contribution in [2.24, 2.45) is 0 Å². The molecule has 0 heterocycles. The Morgan fingerprint density at radius 1 is 1.39 bits per heavy atom. The number of carbonyl (C=O) groups is 1. The first kappa shape index (κ1) is 15.2. The topological polar surface area (TPSA) is 49.8 Å². The molecule has 18 heavy (non-hydrogen) atoms. The monoisotopic (exact) mass is 291 g/mol. The number of benzene rings is 1. The molecular formula is C12H15Cl2NO3. The molecule has 0 fully saturated rings. The lowest BCUT2D eigenvalue weighted by molar-refractivity contribution is -0.142. The van der Waals surface area contributed by atoms with E-state index in [9.17, 15) is 4.79 Å². The standard InChI is InChI=1S/C12H15Cl2NO3/c1-18-12(17)8-15(4-5-16)7-9-2-3-10(13)11(14)6-9/h2-3,6,16H,4-5,7-8H2,1H3. The molecule has 0 bridgehead atoms. The van der Waals surface area contributed by atoms with Crippen molar-refractivity contribution in [3.05, 3.63) is 33.8 Å². The van der Waals surface area contributed by atoms with Crippen molar-refractivity contribution < 1.29 is 14.6 Å². The van der Waals surface area contributed by atoms with Gasteiger partial charge in [0.25, 0.3) is 0 Å². The highest BCUT2D eigenvalue weighted by Crippen LogP contribution is 2.23. The molecule has 0 saturated heterocycles. The van der Waals surface area contributed by atoms with E-state index >= 15 is 0 Å². The molecule has 6 heteroatoms. The third-order valence-corrected chi connectivity index (χ3v) is 3.13. The van der Waals surface area contributed by atoms with E-state index in [1.54, 1.807) is 17.0 Å². The second-order valence-electron chi connectivity index (χ2n) is 3.76. The fourth-order valence-electron chi connectivity index (χ4n) is 1.50. The van der Waals surface area contributed by atoms with Crippen LogP contribution < -0.4 is 0 Å². The zero-order valence-corrected chi connectivity index (χ0v) is 11.5. The fourth-order valence-corrected chi connectivity index (χ4v) is 1.82. The number of hydrogen-bond donors (Lipinski definition) is 1. The van der Waals surface area contributed by atoms with Crippen LogP contribution in [-0.2, 0) is 16.1 Å². The molecule has 100 valence electrons. The molecule has 0 atom stereocenters. The van der Waals surface area contributed by atoms with Gasteiger partial charge in [0.15, 0.2) is 0 Å². The minimum Gasteiger partial charge on any atom is -0.468 e. The number of hydrogen-bond acceptors (Lipinski definition) is 4. The van der Waals surface area contributed by atoms with Crippen LogP contribution in [0.15, 0.2) is 18.2 Å². The van der Waals surface area contributed by atoms with Gasteiger partial charge in [-0.05, 0) is 17.7 Å². The average molecular weight is 292 g/mol. The average Bonchev–Trinajstić information content (AvgIpc) is 2.34. The molecule has 0 unspecified atom stereocenters. The summed E-state index contributed by atoms with van der Waals surface area (Å²) in [5.41, 5.74) is 0.918. The molecule has 0 saturated carbocycles. The van der Waals surface area contributed by atoms with E-state index in [0.29, 0.717) is 23.1 Å². The van der Waals surface area contributed by atoms with Crippen molar-refractivity contribution in [1.82, 2.24) is 4.90 Å². The molecule has 0 aliphatic rings. The van der Waals surface area contributed by atoms with E-state index in [1.165, 1.54) is 7.11 Å². The molecule has 1 N–H and O–H groups in total. The van der Waals surface area contributed by atoms with Crippen LogP contribution in [0.3, 0.4) is 0 Å². The van der Waals surface area contributed by atoms with Gasteiger partial charge in [-0.15, -0.1) is 0 Å². The quantitative estimate of drug-likeness (QED) is 0.814. The first-order valence-electron chi connectivity index (χ1n) is 5.40. The maximum absolute atomic E-state index is 11.2. The Morgan fingerprint density at radius 2 is 2.11 bits per heavy atom. The number of ether oxygens (including phenoxy) is 1. The molecule has 1 aromatic rings. The van der Waals surface area contributed by atoms with Crippen LogP contribution in [0.25, 0.3) is 0 Å². The maximum atomic E-state index is 11.2. The Balaban J connectivity index is 2.69. The van der Waals surface area contributed by atoms with Crippen molar-refractivity contribution in [3.8, 4) is 0 Å². The lowest BCUT2D eigenvalue weighted by atomic mass is 10.2. The smallest absolute Gasteiger partial charge is 0.319 e. The first-order chi connectivity index (χ1) is 8.56. The lowest BCUT2D eigenvalue weighted by Gasteiger charge is -2.20. The Hall–Kier alpha value is -0.810. The zero-order valence-electron chi connectivity index (χ0n) is 10.0. The second-order valence-corrected chi connectivity index (χ2v) is 4.57. The minimum absolute atomic E-state index is 0.0294. The highest BCUT2D eigenvalue weighted by Gasteiger charge is 2.11. The van der Waals surface area contributed by atoms with E-state index in [4.69, 9.17) is 28.3 Å². The molecule has 0 aromatic heterocycles. The molecule has 1 aromatic carbocycles. The van der Waals surface area contributed by atoms with Gasteiger partial charge in [0.1, 0.15) is 0 Å². The minimum atomic E-state index is -0.344. The van der Waals surface area contributed by atoms with Crippen LogP contribution in [0.1, 0.15) is 5.56 Å². The van der Waals surface area contributed by atoms with Crippen LogP contribution in [0.2, 0.25) is 10.0 Å². The molecular weight excluding hydrogens is 277 g/mol. The molecule has 0 aliphatic heterocycles. The van der Waals surface area contributed by atoms with Crippen molar-refractivity contribution in [2.75, 3.05) is 26.8 Å². The van der Waals surface area contributed by atoms with E-state index in [1.807, 2.05) is 6.07 Å². The van der Waals surface area contributed by atoms with E-state index in [0.717, 1.165) is 5.56 Å². The lowest BCUT2D eigenvalue weighted by Crippen LogP contribution is -2.32. The Labute approximate surface area is 116 Å². The van der Waals surface area contributed by atoms with Crippen LogP contribution in [-0.4, -0.2) is 42.8 Å². The summed E-state index contributed by atoms with van der Waals surface area (Å²) in [6.45, 7) is 0.970. The van der Waals surface area contributed by atoms with E-state index in [-0.39, 0.29) is 19.1 Å². The van der Waals surface area contributed by atoms with Crippen molar-refractivity contribution in [3.63, 3.8) is 0 Å². The van der Waals surface area contributed by atoms with Gasteiger partial charge in [0.05, 0.1) is 30.3 Å².